The van der Waals surface area contributed by atoms with Crippen molar-refractivity contribution in [1.29, 1.82) is 0 Å². The Bertz CT molecular complexity index is 215. The number of aromatic amines is 1. The van der Waals surface area contributed by atoms with Crippen LogP contribution in [0.3, 0.4) is 0 Å². The summed E-state index contributed by atoms with van der Waals surface area (Å²) >= 11 is 0. The molecular weight excluding hydrogens is 152 g/mol. The first-order valence-corrected chi connectivity index (χ1v) is 4.37. The van der Waals surface area contributed by atoms with E-state index in [-0.39, 0.29) is 0 Å². The van der Waals surface area contributed by atoms with Crippen LogP contribution in [0.15, 0.2) is 12.4 Å². The molecule has 0 bridgehead atoms. The van der Waals surface area contributed by atoms with Crippen LogP contribution in [0.1, 0.15) is 5.82 Å². The summed E-state index contributed by atoms with van der Waals surface area (Å²) in [6.45, 7) is 3.23. The lowest BCUT2D eigenvalue weighted by molar-refractivity contribution is 0.368. The van der Waals surface area contributed by atoms with Gasteiger partial charge in [-0.2, -0.15) is 0 Å². The summed E-state index contributed by atoms with van der Waals surface area (Å²) in [5.74, 6) is 1.06. The zero-order valence-corrected chi connectivity index (χ0v) is 7.01. The summed E-state index contributed by atoms with van der Waals surface area (Å²) < 4.78 is 0. The molecule has 1 aromatic heterocycles. The monoisotopic (exact) mass is 166 g/mol. The molecule has 0 aliphatic carbocycles. The van der Waals surface area contributed by atoms with Crippen LogP contribution in [0, 0.1) is 0 Å². The zero-order chi connectivity index (χ0) is 8.23. The van der Waals surface area contributed by atoms with E-state index in [4.69, 9.17) is 0 Å². The maximum Gasteiger partial charge on any atom is 0.107 e. The number of hydrogen-bond acceptors (Lipinski definition) is 3. The highest BCUT2D eigenvalue weighted by atomic mass is 15.1. The number of aromatic nitrogens is 2. The van der Waals surface area contributed by atoms with Crippen molar-refractivity contribution in [3.05, 3.63) is 18.2 Å². The Morgan fingerprint density at radius 1 is 1.58 bits per heavy atom. The molecule has 0 amide bonds. The Labute approximate surface area is 71.8 Å². The van der Waals surface area contributed by atoms with E-state index in [9.17, 15) is 0 Å². The molecule has 1 saturated heterocycles. The molecule has 0 radical (unpaired) electrons. The fraction of sp³-hybridized carbons (Fsp3) is 0.625. The zero-order valence-electron chi connectivity index (χ0n) is 7.01. The van der Waals surface area contributed by atoms with Crippen LogP contribution in [0.2, 0.25) is 0 Å². The van der Waals surface area contributed by atoms with Gasteiger partial charge in [0.05, 0.1) is 0 Å². The van der Waals surface area contributed by atoms with E-state index >= 15 is 0 Å². The molecule has 0 unspecified atom stereocenters. The van der Waals surface area contributed by atoms with Crippen molar-refractivity contribution in [2.75, 3.05) is 19.6 Å². The molecule has 0 spiro atoms. The van der Waals surface area contributed by atoms with Crippen LogP contribution in [0.4, 0.5) is 0 Å². The van der Waals surface area contributed by atoms with E-state index in [0.717, 1.165) is 31.9 Å². The minimum Gasteiger partial charge on any atom is -0.349 e. The van der Waals surface area contributed by atoms with Crippen molar-refractivity contribution < 1.29 is 0 Å². The lowest BCUT2D eigenvalue weighted by Gasteiger charge is -2.27. The molecule has 0 atom stereocenters. The van der Waals surface area contributed by atoms with E-state index in [0.29, 0.717) is 6.04 Å². The highest BCUT2D eigenvalue weighted by Crippen LogP contribution is 1.92. The molecule has 3 N–H and O–H groups in total. The summed E-state index contributed by atoms with van der Waals surface area (Å²) in [4.78, 5) is 7.23. The number of rotatable bonds is 4. The first kappa shape index (κ1) is 7.76. The first-order chi connectivity index (χ1) is 5.95. The fourth-order valence-corrected chi connectivity index (χ4v) is 1.26. The minimum absolute atomic E-state index is 0.681. The predicted molar refractivity (Wildman–Crippen MR) is 47.0 cm³/mol. The van der Waals surface area contributed by atoms with E-state index in [1.54, 1.807) is 6.20 Å². The van der Waals surface area contributed by atoms with Crippen molar-refractivity contribution in [3.63, 3.8) is 0 Å². The third-order valence-corrected chi connectivity index (χ3v) is 2.13. The molecule has 0 saturated carbocycles. The Balaban J connectivity index is 1.62. The average molecular weight is 166 g/mol. The van der Waals surface area contributed by atoms with Gasteiger partial charge in [0.15, 0.2) is 0 Å². The topological polar surface area (TPSA) is 52.7 Å². The van der Waals surface area contributed by atoms with Crippen LogP contribution in [0.5, 0.6) is 0 Å². The van der Waals surface area contributed by atoms with Crippen LogP contribution in [-0.2, 0) is 6.42 Å². The second-order valence-corrected chi connectivity index (χ2v) is 3.10. The summed E-state index contributed by atoms with van der Waals surface area (Å²) in [7, 11) is 0. The summed E-state index contributed by atoms with van der Waals surface area (Å²) in [6, 6.07) is 0.681. The van der Waals surface area contributed by atoms with E-state index in [1.165, 1.54) is 0 Å². The van der Waals surface area contributed by atoms with E-state index in [2.05, 4.69) is 20.6 Å². The maximum absolute atomic E-state index is 4.15. The lowest BCUT2D eigenvalue weighted by atomic mass is 10.2. The molecular formula is C8H14N4. The van der Waals surface area contributed by atoms with Crippen molar-refractivity contribution in [3.8, 4) is 0 Å². The van der Waals surface area contributed by atoms with Crippen molar-refractivity contribution in [2.45, 2.75) is 12.5 Å². The molecule has 1 aromatic rings. The Kier molecular flexibility index (Phi) is 2.39. The van der Waals surface area contributed by atoms with Gasteiger partial charge in [-0.25, -0.2) is 4.98 Å². The highest BCUT2D eigenvalue weighted by Gasteiger charge is 2.14. The number of nitrogens with zero attached hydrogens (tertiary/aromatic N) is 1. The number of nitrogens with one attached hydrogen (secondary N) is 3. The van der Waals surface area contributed by atoms with Gasteiger partial charge in [-0.05, 0) is 0 Å². The number of H-pyrrole nitrogens is 1. The summed E-state index contributed by atoms with van der Waals surface area (Å²) in [5, 5.41) is 6.65. The SMILES string of the molecule is c1c[nH]c(CCNC2CNC2)n1. The number of imidazole rings is 1. The third-order valence-electron chi connectivity index (χ3n) is 2.13. The molecule has 2 rings (SSSR count). The highest BCUT2D eigenvalue weighted by molar-refractivity contribution is 4.89. The van der Waals surface area contributed by atoms with Crippen molar-refractivity contribution in [2.24, 2.45) is 0 Å². The molecule has 1 aliphatic heterocycles. The van der Waals surface area contributed by atoms with Gasteiger partial charge in [-0.1, -0.05) is 0 Å². The van der Waals surface area contributed by atoms with Gasteiger partial charge in [0.2, 0.25) is 0 Å². The second kappa shape index (κ2) is 3.69. The van der Waals surface area contributed by atoms with Crippen molar-refractivity contribution >= 4 is 0 Å². The van der Waals surface area contributed by atoms with Crippen molar-refractivity contribution in [1.82, 2.24) is 20.6 Å². The molecule has 66 valence electrons. The van der Waals surface area contributed by atoms with Crippen LogP contribution in [-0.4, -0.2) is 35.6 Å². The lowest BCUT2D eigenvalue weighted by Crippen LogP contribution is -2.55. The molecule has 1 fully saturated rings. The number of hydrogen-bond donors (Lipinski definition) is 3. The molecule has 1 aliphatic rings. The van der Waals surface area contributed by atoms with Crippen LogP contribution < -0.4 is 10.6 Å². The largest absolute Gasteiger partial charge is 0.349 e. The Morgan fingerprint density at radius 2 is 2.50 bits per heavy atom. The van der Waals surface area contributed by atoms with E-state index < -0.39 is 0 Å². The smallest absolute Gasteiger partial charge is 0.107 e. The predicted octanol–water partition coefficient (Wildman–Crippen LogP) is -0.486. The van der Waals surface area contributed by atoms with E-state index in [1.807, 2.05) is 6.20 Å². The van der Waals surface area contributed by atoms with Gasteiger partial charge in [-0.15, -0.1) is 0 Å². The summed E-state index contributed by atoms with van der Waals surface area (Å²) in [6.07, 6.45) is 4.64. The standard InChI is InChI=1S/C8H14N4/c1(8-11-3-4-12-8)2-10-7-5-9-6-7/h3-4,7,9-10H,1-2,5-6H2,(H,11,12). The minimum atomic E-state index is 0.681. The third kappa shape index (κ3) is 1.84. The van der Waals surface area contributed by atoms with Crippen LogP contribution in [0.25, 0.3) is 0 Å². The average Bonchev–Trinajstić information content (AvgIpc) is 2.46. The van der Waals surface area contributed by atoms with Gasteiger partial charge < -0.3 is 15.6 Å². The fourth-order valence-electron chi connectivity index (χ4n) is 1.26. The maximum atomic E-state index is 4.15. The van der Waals surface area contributed by atoms with Gasteiger partial charge in [0.25, 0.3) is 0 Å². The van der Waals surface area contributed by atoms with Gasteiger partial charge >= 0.3 is 0 Å². The molecule has 4 nitrogen and oxygen atoms in total. The molecule has 4 heteroatoms. The normalized spacial score (nSPS) is 17.7. The second-order valence-electron chi connectivity index (χ2n) is 3.10. The summed E-state index contributed by atoms with van der Waals surface area (Å²) in [5.41, 5.74) is 0. The Hall–Kier alpha value is -0.870. The Morgan fingerprint density at radius 3 is 3.08 bits per heavy atom. The van der Waals surface area contributed by atoms with Gasteiger partial charge in [0.1, 0.15) is 5.82 Å². The van der Waals surface area contributed by atoms with Gasteiger partial charge in [0, 0.05) is 44.5 Å². The molecule has 0 aromatic carbocycles. The molecule has 12 heavy (non-hydrogen) atoms. The quantitative estimate of drug-likeness (QED) is 0.566. The van der Waals surface area contributed by atoms with Gasteiger partial charge in [-0.3, -0.25) is 0 Å². The molecule has 2 heterocycles. The first-order valence-electron chi connectivity index (χ1n) is 4.37. The van der Waals surface area contributed by atoms with Crippen LogP contribution >= 0.6 is 0 Å².